The van der Waals surface area contributed by atoms with Gasteiger partial charge in [-0.25, -0.2) is 9.59 Å². The van der Waals surface area contributed by atoms with Gasteiger partial charge in [0.2, 0.25) is 0 Å². The Morgan fingerprint density at radius 1 is 1.25 bits per heavy atom. The van der Waals surface area contributed by atoms with Crippen LogP contribution in [0.2, 0.25) is 0 Å². The van der Waals surface area contributed by atoms with Crippen molar-refractivity contribution in [1.29, 1.82) is 0 Å². The molecule has 1 rings (SSSR count). The number of nitrogens with one attached hydrogen (secondary N) is 2. The second kappa shape index (κ2) is 8.28. The number of hydrogen-bond donors (Lipinski definition) is 3. The Morgan fingerprint density at radius 3 is 2.65 bits per heavy atom. The summed E-state index contributed by atoms with van der Waals surface area (Å²) in [6, 6.07) is 6.66. The highest BCUT2D eigenvalue weighted by atomic mass is 79.9. The molecule has 0 aliphatic carbocycles. The lowest BCUT2D eigenvalue weighted by Crippen LogP contribution is -2.41. The van der Waals surface area contributed by atoms with E-state index in [1.165, 1.54) is 0 Å². The Bertz CT molecular complexity index is 506. The maximum atomic E-state index is 11.4. The number of hydrogen-bond acceptors (Lipinski definition) is 4. The van der Waals surface area contributed by atoms with Crippen LogP contribution in [0.1, 0.15) is 5.56 Å². The number of ether oxygens (including phenoxy) is 1. The Balaban J connectivity index is 2.26. The third kappa shape index (κ3) is 6.86. The predicted octanol–water partition coefficient (Wildman–Crippen LogP) is 0.876. The van der Waals surface area contributed by atoms with E-state index < -0.39 is 31.1 Å². The molecule has 0 aromatic heterocycles. The average molecular weight is 345 g/mol. The van der Waals surface area contributed by atoms with E-state index in [1.54, 1.807) is 0 Å². The summed E-state index contributed by atoms with van der Waals surface area (Å²) in [5, 5.41) is 12.8. The minimum absolute atomic E-state index is 0.258. The number of urea groups is 1. The van der Waals surface area contributed by atoms with Crippen molar-refractivity contribution >= 4 is 33.8 Å². The number of carbonyl (C=O) groups is 3. The number of carbonyl (C=O) groups excluding carboxylic acids is 2. The van der Waals surface area contributed by atoms with Gasteiger partial charge in [0.1, 0.15) is 13.2 Å². The molecule has 0 atom stereocenters. The van der Waals surface area contributed by atoms with Gasteiger partial charge in [0.25, 0.3) is 5.91 Å². The molecule has 3 N–H and O–H groups in total. The van der Waals surface area contributed by atoms with Crippen LogP contribution in [0, 0.1) is 0 Å². The summed E-state index contributed by atoms with van der Waals surface area (Å²) in [5.41, 5.74) is 0.865. The van der Waals surface area contributed by atoms with Crippen LogP contribution in [0.15, 0.2) is 28.7 Å². The van der Waals surface area contributed by atoms with E-state index in [1.807, 2.05) is 29.6 Å². The molecule has 0 unspecified atom stereocenters. The quantitative estimate of drug-likeness (QED) is 0.710. The van der Waals surface area contributed by atoms with Gasteiger partial charge in [-0.3, -0.25) is 10.1 Å². The molecule has 108 valence electrons. The maximum absolute atomic E-state index is 11.4. The van der Waals surface area contributed by atoms with Gasteiger partial charge in [0, 0.05) is 11.0 Å². The summed E-state index contributed by atoms with van der Waals surface area (Å²) in [6.07, 6.45) is 0. The molecule has 20 heavy (non-hydrogen) atoms. The number of amides is 3. The first kappa shape index (κ1) is 16.1. The van der Waals surface area contributed by atoms with E-state index in [9.17, 15) is 14.4 Å². The lowest BCUT2D eigenvalue weighted by Gasteiger charge is -2.07. The monoisotopic (exact) mass is 344 g/mol. The van der Waals surface area contributed by atoms with Crippen LogP contribution >= 0.6 is 15.9 Å². The smallest absolute Gasteiger partial charge is 0.329 e. The summed E-state index contributed by atoms with van der Waals surface area (Å²) in [4.78, 5) is 32.7. The van der Waals surface area contributed by atoms with Crippen LogP contribution in [-0.2, 0) is 20.9 Å². The molecule has 0 heterocycles. The zero-order chi connectivity index (χ0) is 15.0. The van der Waals surface area contributed by atoms with Crippen molar-refractivity contribution in [1.82, 2.24) is 10.6 Å². The van der Waals surface area contributed by atoms with Crippen molar-refractivity contribution < 1.29 is 24.2 Å². The van der Waals surface area contributed by atoms with Crippen molar-refractivity contribution in [2.75, 3.05) is 13.2 Å². The third-order valence-electron chi connectivity index (χ3n) is 2.05. The SMILES string of the molecule is O=C(O)COCC(=O)NC(=O)NCc1cccc(Br)c1. The summed E-state index contributed by atoms with van der Waals surface area (Å²) < 4.78 is 5.42. The lowest BCUT2D eigenvalue weighted by molar-refractivity contribution is -0.143. The number of carboxylic acids is 1. The van der Waals surface area contributed by atoms with Crippen LogP contribution in [0.3, 0.4) is 0 Å². The van der Waals surface area contributed by atoms with Gasteiger partial charge in [-0.05, 0) is 17.7 Å². The zero-order valence-corrected chi connectivity index (χ0v) is 12.0. The fourth-order valence-corrected chi connectivity index (χ4v) is 1.71. The van der Waals surface area contributed by atoms with Crippen molar-refractivity contribution in [3.05, 3.63) is 34.3 Å². The molecule has 3 amide bonds. The van der Waals surface area contributed by atoms with Crippen molar-refractivity contribution in [2.24, 2.45) is 0 Å². The Labute approximate surface area is 123 Å². The average Bonchev–Trinajstić information content (AvgIpc) is 2.36. The first-order valence-electron chi connectivity index (χ1n) is 5.59. The number of imide groups is 1. The van der Waals surface area contributed by atoms with Crippen LogP contribution in [0.25, 0.3) is 0 Å². The Morgan fingerprint density at radius 2 is 2.00 bits per heavy atom. The zero-order valence-electron chi connectivity index (χ0n) is 10.4. The lowest BCUT2D eigenvalue weighted by atomic mass is 10.2. The number of aliphatic carboxylic acids is 1. The normalized spacial score (nSPS) is 9.85. The molecule has 0 spiro atoms. The third-order valence-corrected chi connectivity index (χ3v) is 2.55. The molecular weight excluding hydrogens is 332 g/mol. The molecule has 0 saturated carbocycles. The highest BCUT2D eigenvalue weighted by Crippen LogP contribution is 2.11. The molecule has 0 bridgehead atoms. The predicted molar refractivity (Wildman–Crippen MR) is 73.0 cm³/mol. The van der Waals surface area contributed by atoms with Crippen LogP contribution in [-0.4, -0.2) is 36.2 Å². The van der Waals surface area contributed by atoms with Crippen LogP contribution in [0.5, 0.6) is 0 Å². The number of rotatable bonds is 6. The molecule has 0 saturated heterocycles. The van der Waals surface area contributed by atoms with E-state index in [-0.39, 0.29) is 6.54 Å². The summed E-state index contributed by atoms with van der Waals surface area (Å²) >= 11 is 3.30. The second-order valence-corrected chi connectivity index (χ2v) is 4.66. The molecule has 1 aromatic rings. The van der Waals surface area contributed by atoms with E-state index in [0.717, 1.165) is 10.0 Å². The number of benzene rings is 1. The Kier molecular flexibility index (Phi) is 6.68. The molecule has 0 aliphatic heterocycles. The number of carboxylic acid groups (broad SMARTS) is 1. The van der Waals surface area contributed by atoms with E-state index in [4.69, 9.17) is 5.11 Å². The van der Waals surface area contributed by atoms with Gasteiger partial charge < -0.3 is 15.2 Å². The summed E-state index contributed by atoms with van der Waals surface area (Å²) in [6.45, 7) is -0.821. The highest BCUT2D eigenvalue weighted by molar-refractivity contribution is 9.10. The topological polar surface area (TPSA) is 105 Å². The molecular formula is C12H13BrN2O5. The largest absolute Gasteiger partial charge is 0.480 e. The van der Waals surface area contributed by atoms with Gasteiger partial charge >= 0.3 is 12.0 Å². The summed E-state index contributed by atoms with van der Waals surface area (Å²) in [7, 11) is 0. The van der Waals surface area contributed by atoms with Crippen molar-refractivity contribution in [3.8, 4) is 0 Å². The first-order chi connectivity index (χ1) is 9.47. The molecule has 8 heteroatoms. The minimum Gasteiger partial charge on any atom is -0.480 e. The van der Waals surface area contributed by atoms with Crippen LogP contribution in [0.4, 0.5) is 4.79 Å². The number of halogens is 1. The highest BCUT2D eigenvalue weighted by Gasteiger charge is 2.08. The molecule has 0 aliphatic rings. The first-order valence-corrected chi connectivity index (χ1v) is 6.38. The standard InChI is InChI=1S/C12H13BrN2O5/c13-9-3-1-2-8(4-9)5-14-12(19)15-10(16)6-20-7-11(17)18/h1-4H,5-7H2,(H,17,18)(H2,14,15,16,19). The van der Waals surface area contributed by atoms with Gasteiger partial charge in [0.15, 0.2) is 0 Å². The van der Waals surface area contributed by atoms with E-state index in [0.29, 0.717) is 0 Å². The van der Waals surface area contributed by atoms with E-state index in [2.05, 4.69) is 26.0 Å². The van der Waals surface area contributed by atoms with Gasteiger partial charge in [-0.15, -0.1) is 0 Å². The fourth-order valence-electron chi connectivity index (χ4n) is 1.27. The molecule has 1 aromatic carbocycles. The molecule has 0 fully saturated rings. The maximum Gasteiger partial charge on any atom is 0.329 e. The minimum atomic E-state index is -1.18. The van der Waals surface area contributed by atoms with Crippen molar-refractivity contribution in [3.63, 3.8) is 0 Å². The molecule has 0 radical (unpaired) electrons. The van der Waals surface area contributed by atoms with E-state index >= 15 is 0 Å². The molecule has 7 nitrogen and oxygen atoms in total. The van der Waals surface area contributed by atoms with Gasteiger partial charge in [-0.2, -0.15) is 0 Å². The second-order valence-electron chi connectivity index (χ2n) is 3.75. The fraction of sp³-hybridized carbons (Fsp3) is 0.250. The van der Waals surface area contributed by atoms with Gasteiger partial charge in [0.05, 0.1) is 0 Å². The Hall–Kier alpha value is -1.93. The van der Waals surface area contributed by atoms with Crippen molar-refractivity contribution in [2.45, 2.75) is 6.54 Å². The van der Waals surface area contributed by atoms with Crippen LogP contribution < -0.4 is 10.6 Å². The van der Waals surface area contributed by atoms with Gasteiger partial charge in [-0.1, -0.05) is 28.1 Å². The summed E-state index contributed by atoms with van der Waals surface area (Å²) in [5.74, 6) is -1.89.